The van der Waals surface area contributed by atoms with Gasteiger partial charge in [0, 0.05) is 13.1 Å². The minimum absolute atomic E-state index is 0.321. The zero-order valence-corrected chi connectivity index (χ0v) is 7.48. The lowest BCUT2D eigenvalue weighted by atomic mass is 10.3. The second kappa shape index (κ2) is 3.57. The Morgan fingerprint density at radius 1 is 1.55 bits per heavy atom. The van der Waals surface area contributed by atoms with Crippen molar-refractivity contribution < 1.29 is 8.22 Å². The van der Waals surface area contributed by atoms with Crippen LogP contribution in [0.2, 0.25) is 0 Å². The van der Waals surface area contributed by atoms with Crippen LogP contribution in [-0.4, -0.2) is 7.05 Å². The number of halogens is 2. The zero-order valence-electron chi connectivity index (χ0n) is 5.90. The van der Waals surface area contributed by atoms with Gasteiger partial charge in [0.1, 0.15) is 5.82 Å². The molecule has 0 atom stereocenters. The van der Waals surface area contributed by atoms with Crippen molar-refractivity contribution in [2.24, 2.45) is 0 Å². The highest BCUT2D eigenvalue weighted by molar-refractivity contribution is 9.06. The van der Waals surface area contributed by atoms with Crippen molar-refractivity contribution in [3.8, 4) is 5.75 Å². The Kier molecular flexibility index (Phi) is 2.70. The van der Waals surface area contributed by atoms with Crippen molar-refractivity contribution in [3.05, 3.63) is 24.0 Å². The molecule has 0 radical (unpaired) electrons. The number of benzene rings is 1. The molecule has 2 nitrogen and oxygen atoms in total. The van der Waals surface area contributed by atoms with E-state index in [1.54, 1.807) is 13.1 Å². The Bertz CT molecular complexity index is 254. The van der Waals surface area contributed by atoms with Gasteiger partial charge in [-0.05, 0) is 12.1 Å². The molecule has 0 bridgehead atoms. The quantitative estimate of drug-likeness (QED) is 0.826. The van der Waals surface area contributed by atoms with Crippen LogP contribution in [-0.2, 0) is 0 Å². The van der Waals surface area contributed by atoms with E-state index in [0.29, 0.717) is 5.75 Å². The van der Waals surface area contributed by atoms with Gasteiger partial charge in [-0.2, -0.15) is 0 Å². The van der Waals surface area contributed by atoms with Crippen LogP contribution in [0.3, 0.4) is 0 Å². The average molecular weight is 220 g/mol. The molecule has 0 aliphatic rings. The first-order chi connectivity index (χ1) is 5.27. The summed E-state index contributed by atoms with van der Waals surface area (Å²) in [6.45, 7) is 0. The highest BCUT2D eigenvalue weighted by Crippen LogP contribution is 2.25. The van der Waals surface area contributed by atoms with E-state index >= 15 is 0 Å². The molecule has 0 saturated carbocycles. The maximum atomic E-state index is 12.5. The fourth-order valence-electron chi connectivity index (χ4n) is 0.767. The molecule has 4 heteroatoms. The molecule has 0 fully saturated rings. The summed E-state index contributed by atoms with van der Waals surface area (Å²) >= 11 is 2.78. The molecule has 1 N–H and O–H groups in total. The highest BCUT2D eigenvalue weighted by atomic mass is 79.9. The van der Waals surface area contributed by atoms with E-state index < -0.39 is 0 Å². The van der Waals surface area contributed by atoms with E-state index in [9.17, 15) is 4.39 Å². The number of rotatable bonds is 2. The monoisotopic (exact) mass is 219 g/mol. The smallest absolute Gasteiger partial charge is 0.179 e. The van der Waals surface area contributed by atoms with Gasteiger partial charge in [0.15, 0.2) is 22.0 Å². The van der Waals surface area contributed by atoms with Crippen LogP contribution in [0.4, 0.5) is 10.1 Å². The summed E-state index contributed by atoms with van der Waals surface area (Å²) in [6, 6.07) is 4.26. The summed E-state index contributed by atoms with van der Waals surface area (Å²) in [4.78, 5) is 0. The van der Waals surface area contributed by atoms with Crippen molar-refractivity contribution in [3.63, 3.8) is 0 Å². The lowest BCUT2D eigenvalue weighted by Gasteiger charge is -2.04. The van der Waals surface area contributed by atoms with Gasteiger partial charge in [-0.1, -0.05) is 0 Å². The van der Waals surface area contributed by atoms with Crippen molar-refractivity contribution in [2.75, 3.05) is 12.4 Å². The van der Waals surface area contributed by atoms with Crippen LogP contribution in [0.5, 0.6) is 5.75 Å². The fraction of sp³-hybridized carbons (Fsp3) is 0.143. The summed E-state index contributed by atoms with van der Waals surface area (Å²) in [5, 5.41) is 2.85. The van der Waals surface area contributed by atoms with Crippen LogP contribution in [0.25, 0.3) is 0 Å². The van der Waals surface area contributed by atoms with E-state index in [2.05, 4.69) is 21.6 Å². The van der Waals surface area contributed by atoms with Crippen molar-refractivity contribution in [2.45, 2.75) is 0 Å². The zero-order chi connectivity index (χ0) is 8.27. The van der Waals surface area contributed by atoms with E-state index in [1.807, 2.05) is 0 Å². The van der Waals surface area contributed by atoms with Gasteiger partial charge in [0.2, 0.25) is 0 Å². The van der Waals surface area contributed by atoms with Gasteiger partial charge in [-0.25, -0.2) is 4.39 Å². The first kappa shape index (κ1) is 8.33. The third-order valence-corrected chi connectivity index (χ3v) is 1.64. The predicted octanol–water partition coefficient (Wildman–Crippen LogP) is 2.56. The molecule has 0 aliphatic heterocycles. The molecule has 0 saturated heterocycles. The highest BCUT2D eigenvalue weighted by Gasteiger charge is 2.01. The van der Waals surface area contributed by atoms with Gasteiger partial charge in [0.25, 0.3) is 0 Å². The van der Waals surface area contributed by atoms with Gasteiger partial charge < -0.3 is 9.15 Å². The van der Waals surface area contributed by atoms with E-state index in [-0.39, 0.29) is 5.82 Å². The van der Waals surface area contributed by atoms with Crippen molar-refractivity contribution in [1.82, 2.24) is 0 Å². The normalized spacial score (nSPS) is 9.36. The number of hydrogen-bond donors (Lipinski definition) is 1. The third-order valence-electron chi connectivity index (χ3n) is 1.30. The summed E-state index contributed by atoms with van der Waals surface area (Å²) in [7, 11) is 1.74. The average Bonchev–Trinajstić information content (AvgIpc) is 2.04. The third kappa shape index (κ3) is 1.83. The number of nitrogens with one attached hydrogen (secondary N) is 1. The largest absolute Gasteiger partial charge is 0.416 e. The van der Waals surface area contributed by atoms with Gasteiger partial charge in [0.05, 0.1) is 5.69 Å². The molecule has 0 spiro atoms. The SMILES string of the molecule is CNc1ccc(F)cc1OBr. The van der Waals surface area contributed by atoms with Crippen LogP contribution < -0.4 is 9.15 Å². The topological polar surface area (TPSA) is 21.3 Å². The molecule has 1 aromatic carbocycles. The molecular weight excluding hydrogens is 213 g/mol. The lowest BCUT2D eigenvalue weighted by Crippen LogP contribution is -1.90. The maximum absolute atomic E-state index is 12.5. The molecule has 0 amide bonds. The first-order valence-corrected chi connectivity index (χ1v) is 3.68. The minimum Gasteiger partial charge on any atom is -0.416 e. The first-order valence-electron chi connectivity index (χ1n) is 3.04. The predicted molar refractivity (Wildman–Crippen MR) is 45.5 cm³/mol. The van der Waals surface area contributed by atoms with E-state index in [0.717, 1.165) is 5.69 Å². The Hall–Kier alpha value is -0.770. The number of anilines is 1. The second-order valence-corrected chi connectivity index (χ2v) is 2.29. The summed E-state index contributed by atoms with van der Waals surface area (Å²) in [5.74, 6) is 0.117. The summed E-state index contributed by atoms with van der Waals surface area (Å²) in [5.41, 5.74) is 0.739. The summed E-state index contributed by atoms with van der Waals surface area (Å²) < 4.78 is 17.3. The van der Waals surface area contributed by atoms with Gasteiger partial charge in [-0.15, -0.1) is 0 Å². The van der Waals surface area contributed by atoms with Crippen LogP contribution in [0, 0.1) is 5.82 Å². The summed E-state index contributed by atoms with van der Waals surface area (Å²) in [6.07, 6.45) is 0. The molecule has 11 heavy (non-hydrogen) atoms. The van der Waals surface area contributed by atoms with Crippen molar-refractivity contribution >= 4 is 21.9 Å². The van der Waals surface area contributed by atoms with Crippen LogP contribution in [0.15, 0.2) is 18.2 Å². The maximum Gasteiger partial charge on any atom is 0.179 e. The van der Waals surface area contributed by atoms with Gasteiger partial charge >= 0.3 is 0 Å². The molecule has 60 valence electrons. The molecule has 0 aromatic heterocycles. The minimum atomic E-state index is -0.321. The fourth-order valence-corrected chi connectivity index (χ4v) is 1.03. The Labute approximate surface area is 72.8 Å². The van der Waals surface area contributed by atoms with Crippen LogP contribution in [0.1, 0.15) is 0 Å². The molecule has 0 unspecified atom stereocenters. The molecule has 1 aromatic rings. The standard InChI is InChI=1S/C7H7BrFNO/c1-10-6-3-2-5(9)4-7(6)11-8/h2-4,10H,1H3. The Balaban J connectivity index is 3.06. The molecule has 0 aliphatic carbocycles. The Morgan fingerprint density at radius 2 is 2.27 bits per heavy atom. The molecular formula is C7H7BrFNO. The second-order valence-electron chi connectivity index (χ2n) is 1.97. The number of hydrogen-bond acceptors (Lipinski definition) is 2. The van der Waals surface area contributed by atoms with Gasteiger partial charge in [-0.3, -0.25) is 0 Å². The van der Waals surface area contributed by atoms with E-state index in [1.165, 1.54) is 12.1 Å². The van der Waals surface area contributed by atoms with Crippen molar-refractivity contribution in [1.29, 1.82) is 0 Å². The molecule has 1 rings (SSSR count). The van der Waals surface area contributed by atoms with Crippen LogP contribution >= 0.6 is 16.3 Å². The lowest BCUT2D eigenvalue weighted by molar-refractivity contribution is 0.610. The Morgan fingerprint density at radius 3 is 2.82 bits per heavy atom. The van der Waals surface area contributed by atoms with E-state index in [4.69, 9.17) is 3.83 Å². The molecule has 0 heterocycles.